The van der Waals surface area contributed by atoms with E-state index in [9.17, 15) is 5.11 Å². The van der Waals surface area contributed by atoms with E-state index in [0.717, 1.165) is 55.9 Å². The Bertz CT molecular complexity index is 1840. The number of aryl methyl sites for hydroxylation is 2. The zero-order valence-corrected chi connectivity index (χ0v) is 22.4. The Morgan fingerprint density at radius 2 is 1.53 bits per heavy atom. The van der Waals surface area contributed by atoms with Gasteiger partial charge in [-0.05, 0) is 78.4 Å². The molecular formula is C34H31N3O. The van der Waals surface area contributed by atoms with Gasteiger partial charge in [-0.2, -0.15) is 0 Å². The SMILES string of the molecule is Cc1cc(C)c(O)c(-c2cccc(-n3c4ccccc4c4ccc(-c5cc(C(C)(C)C)ccn5)cc43)n2)c1. The van der Waals surface area contributed by atoms with E-state index in [1.165, 1.54) is 10.9 Å². The Morgan fingerprint density at radius 3 is 2.34 bits per heavy atom. The number of rotatable bonds is 3. The molecule has 0 spiro atoms. The highest BCUT2D eigenvalue weighted by atomic mass is 16.3. The summed E-state index contributed by atoms with van der Waals surface area (Å²) in [4.78, 5) is 9.78. The zero-order chi connectivity index (χ0) is 26.6. The second kappa shape index (κ2) is 8.84. The Morgan fingerprint density at radius 1 is 0.737 bits per heavy atom. The van der Waals surface area contributed by atoms with Crippen LogP contribution in [0.3, 0.4) is 0 Å². The van der Waals surface area contributed by atoms with Gasteiger partial charge in [0.15, 0.2) is 0 Å². The second-order valence-corrected chi connectivity index (χ2v) is 11.1. The highest BCUT2D eigenvalue weighted by molar-refractivity contribution is 6.10. The Kier molecular flexibility index (Phi) is 5.57. The smallest absolute Gasteiger partial charge is 0.138 e. The summed E-state index contributed by atoms with van der Waals surface area (Å²) in [6.45, 7) is 10.6. The molecule has 0 saturated heterocycles. The van der Waals surface area contributed by atoms with Crippen LogP contribution in [0.5, 0.6) is 5.75 Å². The van der Waals surface area contributed by atoms with Gasteiger partial charge in [-0.15, -0.1) is 0 Å². The summed E-state index contributed by atoms with van der Waals surface area (Å²) in [5.41, 5.74) is 8.90. The van der Waals surface area contributed by atoms with E-state index in [2.05, 4.69) is 79.9 Å². The third kappa shape index (κ3) is 4.03. The van der Waals surface area contributed by atoms with Crippen LogP contribution in [0.15, 0.2) is 91.1 Å². The second-order valence-electron chi connectivity index (χ2n) is 11.1. The summed E-state index contributed by atoms with van der Waals surface area (Å²) in [6.07, 6.45) is 1.90. The quantitative estimate of drug-likeness (QED) is 0.267. The van der Waals surface area contributed by atoms with Crippen molar-refractivity contribution in [3.8, 4) is 34.1 Å². The molecule has 0 fully saturated rings. The van der Waals surface area contributed by atoms with E-state index in [1.54, 1.807) is 0 Å². The van der Waals surface area contributed by atoms with E-state index in [0.29, 0.717) is 0 Å². The van der Waals surface area contributed by atoms with Crippen molar-refractivity contribution in [1.82, 2.24) is 14.5 Å². The minimum atomic E-state index is 0.0424. The van der Waals surface area contributed by atoms with Gasteiger partial charge < -0.3 is 5.11 Å². The summed E-state index contributed by atoms with van der Waals surface area (Å²) < 4.78 is 2.21. The average Bonchev–Trinajstić information content (AvgIpc) is 3.24. The molecule has 4 nitrogen and oxygen atoms in total. The van der Waals surface area contributed by atoms with Gasteiger partial charge in [0.1, 0.15) is 11.6 Å². The summed E-state index contributed by atoms with van der Waals surface area (Å²) >= 11 is 0. The lowest BCUT2D eigenvalue weighted by Gasteiger charge is -2.19. The Balaban J connectivity index is 1.59. The van der Waals surface area contributed by atoms with Crippen molar-refractivity contribution in [1.29, 1.82) is 0 Å². The maximum atomic E-state index is 10.8. The van der Waals surface area contributed by atoms with Gasteiger partial charge in [0.05, 0.1) is 22.4 Å². The fourth-order valence-corrected chi connectivity index (χ4v) is 5.28. The molecule has 38 heavy (non-hydrogen) atoms. The van der Waals surface area contributed by atoms with E-state index < -0.39 is 0 Å². The van der Waals surface area contributed by atoms with Crippen molar-refractivity contribution in [3.05, 3.63) is 108 Å². The number of para-hydroxylation sites is 1. The lowest BCUT2D eigenvalue weighted by molar-refractivity contribution is 0.473. The number of phenols is 1. The molecule has 0 atom stereocenters. The predicted octanol–water partition coefficient (Wildman–Crippen LogP) is 8.53. The standard InChI is InChI=1S/C34H31N3O/c1-21-17-22(2)33(38)27(18-21)28-10-8-12-32(36-28)37-30-11-7-6-9-25(30)26-14-13-23(19-31(26)37)29-20-24(15-16-35-29)34(3,4)5/h6-20,38H,1-5H3. The normalized spacial score (nSPS) is 11.9. The molecule has 3 aromatic carbocycles. The van der Waals surface area contributed by atoms with Gasteiger partial charge in [0.25, 0.3) is 0 Å². The molecule has 4 heteroatoms. The molecule has 0 aliphatic carbocycles. The molecule has 6 rings (SSSR count). The Hall–Kier alpha value is -4.44. The Labute approximate surface area is 223 Å². The van der Waals surface area contributed by atoms with Crippen molar-refractivity contribution in [2.24, 2.45) is 0 Å². The molecule has 0 saturated carbocycles. The fourth-order valence-electron chi connectivity index (χ4n) is 5.28. The molecule has 0 unspecified atom stereocenters. The van der Waals surface area contributed by atoms with E-state index in [4.69, 9.17) is 9.97 Å². The van der Waals surface area contributed by atoms with E-state index in [1.807, 2.05) is 50.4 Å². The average molecular weight is 498 g/mol. The third-order valence-corrected chi connectivity index (χ3v) is 7.28. The minimum absolute atomic E-state index is 0.0424. The number of hydrogen-bond acceptors (Lipinski definition) is 3. The molecule has 3 aromatic heterocycles. The molecule has 1 N–H and O–H groups in total. The summed E-state index contributed by atoms with van der Waals surface area (Å²) in [5, 5.41) is 13.2. The molecule has 0 aliphatic rings. The van der Waals surface area contributed by atoms with Crippen molar-refractivity contribution in [2.45, 2.75) is 40.0 Å². The van der Waals surface area contributed by atoms with Gasteiger partial charge in [-0.1, -0.05) is 63.2 Å². The number of benzene rings is 3. The van der Waals surface area contributed by atoms with Crippen LogP contribution < -0.4 is 0 Å². The fraction of sp³-hybridized carbons (Fsp3) is 0.176. The van der Waals surface area contributed by atoms with Crippen LogP contribution in [0, 0.1) is 13.8 Å². The van der Waals surface area contributed by atoms with Crippen molar-refractivity contribution in [3.63, 3.8) is 0 Å². The highest BCUT2D eigenvalue weighted by Gasteiger charge is 2.18. The van der Waals surface area contributed by atoms with Gasteiger partial charge >= 0.3 is 0 Å². The van der Waals surface area contributed by atoms with Crippen LogP contribution in [0.25, 0.3) is 50.1 Å². The van der Waals surface area contributed by atoms with Crippen LogP contribution in [-0.4, -0.2) is 19.6 Å². The molecule has 3 heterocycles. The first-order valence-electron chi connectivity index (χ1n) is 13.0. The van der Waals surface area contributed by atoms with Gasteiger partial charge in [-0.3, -0.25) is 9.55 Å². The summed E-state index contributed by atoms with van der Waals surface area (Å²) in [7, 11) is 0. The molecule has 0 aliphatic heterocycles. The maximum absolute atomic E-state index is 10.8. The molecule has 0 amide bonds. The van der Waals surface area contributed by atoms with Crippen LogP contribution in [-0.2, 0) is 5.41 Å². The monoisotopic (exact) mass is 497 g/mol. The topological polar surface area (TPSA) is 50.9 Å². The molecule has 188 valence electrons. The van der Waals surface area contributed by atoms with Crippen LogP contribution >= 0.6 is 0 Å². The molecule has 0 bridgehead atoms. The van der Waals surface area contributed by atoms with Gasteiger partial charge in [-0.25, -0.2) is 4.98 Å². The zero-order valence-electron chi connectivity index (χ0n) is 22.4. The van der Waals surface area contributed by atoms with Crippen molar-refractivity contribution in [2.75, 3.05) is 0 Å². The van der Waals surface area contributed by atoms with Crippen LogP contribution in [0.4, 0.5) is 0 Å². The minimum Gasteiger partial charge on any atom is -0.507 e. The molecular weight excluding hydrogens is 466 g/mol. The highest BCUT2D eigenvalue weighted by Crippen LogP contribution is 2.36. The van der Waals surface area contributed by atoms with Gasteiger partial charge in [0.2, 0.25) is 0 Å². The summed E-state index contributed by atoms with van der Waals surface area (Å²) in [6, 6.07) is 29.2. The number of fused-ring (bicyclic) bond motifs is 3. The summed E-state index contributed by atoms with van der Waals surface area (Å²) in [5.74, 6) is 1.08. The third-order valence-electron chi connectivity index (χ3n) is 7.28. The predicted molar refractivity (Wildman–Crippen MR) is 157 cm³/mol. The van der Waals surface area contributed by atoms with E-state index >= 15 is 0 Å². The van der Waals surface area contributed by atoms with Gasteiger partial charge in [0, 0.05) is 28.1 Å². The number of aromatic hydroxyl groups is 1. The number of hydrogen-bond donors (Lipinski definition) is 1. The molecule has 6 aromatic rings. The van der Waals surface area contributed by atoms with Crippen molar-refractivity contribution < 1.29 is 5.11 Å². The first-order valence-corrected chi connectivity index (χ1v) is 13.0. The van der Waals surface area contributed by atoms with Crippen LogP contribution in [0.2, 0.25) is 0 Å². The number of pyridine rings is 2. The molecule has 0 radical (unpaired) electrons. The largest absolute Gasteiger partial charge is 0.507 e. The lowest BCUT2D eigenvalue weighted by Crippen LogP contribution is -2.11. The number of phenolic OH excluding ortho intramolecular Hbond substituents is 1. The first-order chi connectivity index (χ1) is 18.2. The number of nitrogens with zero attached hydrogens (tertiary/aromatic N) is 3. The van der Waals surface area contributed by atoms with Crippen LogP contribution in [0.1, 0.15) is 37.5 Å². The van der Waals surface area contributed by atoms with Crippen molar-refractivity contribution >= 4 is 21.8 Å². The lowest BCUT2D eigenvalue weighted by atomic mass is 9.87. The number of aromatic nitrogens is 3. The maximum Gasteiger partial charge on any atom is 0.138 e. The van der Waals surface area contributed by atoms with E-state index in [-0.39, 0.29) is 11.2 Å². The first kappa shape index (κ1) is 23.9.